The summed E-state index contributed by atoms with van der Waals surface area (Å²) in [6.07, 6.45) is 6.58. The number of nitrogens with two attached hydrogens (primary N) is 1. The molecular weight excluding hydrogens is 384 g/mol. The molecule has 1 aliphatic heterocycles. The van der Waals surface area contributed by atoms with Gasteiger partial charge in [0.15, 0.2) is 0 Å². The van der Waals surface area contributed by atoms with Crippen LogP contribution >= 0.6 is 23.5 Å². The van der Waals surface area contributed by atoms with Crippen LogP contribution in [-0.2, 0) is 0 Å². The van der Waals surface area contributed by atoms with E-state index in [1.54, 1.807) is 0 Å². The van der Waals surface area contributed by atoms with Crippen molar-refractivity contribution in [1.29, 1.82) is 0 Å². The standard InChI is InChI=1S/C23H36N2OS2/c1-16(2)19-11-8-12-20(17(3)4)21(19)25(22(24)26)15-23(27-13-14-28-23)18-9-6-5-7-10-18/h8,11-12,16-18H,5-7,9-10,13-15H2,1-4H3,(H2,24,26). The largest absolute Gasteiger partial charge is 0.351 e. The minimum absolute atomic E-state index is 0.0911. The number of carbonyl (C=O) groups is 1. The third-order valence-corrected chi connectivity index (χ3v) is 9.94. The first-order chi connectivity index (χ1) is 13.4. The van der Waals surface area contributed by atoms with Gasteiger partial charge >= 0.3 is 6.03 Å². The number of hydrogen-bond donors (Lipinski definition) is 1. The van der Waals surface area contributed by atoms with Crippen molar-refractivity contribution >= 4 is 35.2 Å². The SMILES string of the molecule is CC(C)c1cccc(C(C)C)c1N(CC1(C2CCCCC2)SCCS1)C(N)=O. The topological polar surface area (TPSA) is 46.3 Å². The van der Waals surface area contributed by atoms with Crippen molar-refractivity contribution in [2.45, 2.75) is 75.7 Å². The second kappa shape index (κ2) is 9.34. The van der Waals surface area contributed by atoms with Crippen LogP contribution in [0.4, 0.5) is 10.5 Å². The molecule has 156 valence electrons. The number of rotatable bonds is 6. The van der Waals surface area contributed by atoms with Crippen molar-refractivity contribution < 1.29 is 4.79 Å². The molecule has 1 aliphatic carbocycles. The number of benzene rings is 1. The number of para-hydroxylation sites is 1. The van der Waals surface area contributed by atoms with Crippen molar-refractivity contribution in [1.82, 2.24) is 0 Å². The first kappa shape index (κ1) is 21.9. The lowest BCUT2D eigenvalue weighted by atomic mass is 9.85. The van der Waals surface area contributed by atoms with Gasteiger partial charge in [-0.3, -0.25) is 4.90 Å². The molecule has 5 heteroatoms. The summed E-state index contributed by atoms with van der Waals surface area (Å²) >= 11 is 4.16. The maximum atomic E-state index is 12.8. The summed E-state index contributed by atoms with van der Waals surface area (Å²) in [4.78, 5) is 14.7. The van der Waals surface area contributed by atoms with Crippen LogP contribution < -0.4 is 10.6 Å². The molecule has 1 heterocycles. The highest BCUT2D eigenvalue weighted by molar-refractivity contribution is 8.21. The van der Waals surface area contributed by atoms with Crippen LogP contribution in [0.3, 0.4) is 0 Å². The molecule has 1 saturated carbocycles. The average Bonchev–Trinajstić information content (AvgIpc) is 3.16. The summed E-state index contributed by atoms with van der Waals surface area (Å²) < 4.78 is 0.0911. The number of thioether (sulfide) groups is 2. The van der Waals surface area contributed by atoms with E-state index in [9.17, 15) is 4.79 Å². The molecule has 2 amide bonds. The Morgan fingerprint density at radius 1 is 1.07 bits per heavy atom. The van der Waals surface area contributed by atoms with Gasteiger partial charge in [-0.25, -0.2) is 4.79 Å². The Kier molecular flexibility index (Phi) is 7.30. The molecule has 2 N–H and O–H groups in total. The Morgan fingerprint density at radius 2 is 1.61 bits per heavy atom. The second-order valence-corrected chi connectivity index (χ2v) is 12.0. The maximum Gasteiger partial charge on any atom is 0.319 e. The van der Waals surface area contributed by atoms with E-state index in [0.29, 0.717) is 17.8 Å². The summed E-state index contributed by atoms with van der Waals surface area (Å²) in [6.45, 7) is 9.55. The molecular formula is C23H36N2OS2. The number of primary amides is 1. The van der Waals surface area contributed by atoms with Crippen molar-refractivity contribution in [2.24, 2.45) is 11.7 Å². The van der Waals surface area contributed by atoms with E-state index < -0.39 is 0 Å². The van der Waals surface area contributed by atoms with Crippen LogP contribution in [0.5, 0.6) is 0 Å². The van der Waals surface area contributed by atoms with E-state index in [1.807, 2.05) is 4.90 Å². The lowest BCUT2D eigenvalue weighted by molar-refractivity contribution is 0.252. The van der Waals surface area contributed by atoms with Crippen LogP contribution in [0.15, 0.2) is 18.2 Å². The van der Waals surface area contributed by atoms with Crippen molar-refractivity contribution in [3.8, 4) is 0 Å². The second-order valence-electron chi connectivity index (χ2n) is 8.86. The first-order valence-corrected chi connectivity index (χ1v) is 12.8. The normalized spacial score (nSPS) is 20.1. The van der Waals surface area contributed by atoms with E-state index in [-0.39, 0.29) is 10.1 Å². The molecule has 2 aliphatic rings. The molecule has 0 spiro atoms. The Hall–Kier alpha value is -0.810. The van der Waals surface area contributed by atoms with Gasteiger partial charge in [0.25, 0.3) is 0 Å². The molecule has 0 bridgehead atoms. The number of nitrogens with zero attached hydrogens (tertiary/aromatic N) is 1. The van der Waals surface area contributed by atoms with E-state index in [2.05, 4.69) is 69.4 Å². The van der Waals surface area contributed by atoms with Gasteiger partial charge < -0.3 is 5.73 Å². The van der Waals surface area contributed by atoms with Gasteiger partial charge in [-0.1, -0.05) is 65.2 Å². The fourth-order valence-corrected chi connectivity index (χ4v) is 8.35. The van der Waals surface area contributed by atoms with Gasteiger partial charge in [-0.05, 0) is 41.7 Å². The van der Waals surface area contributed by atoms with Crippen LogP contribution in [-0.4, -0.2) is 28.2 Å². The highest BCUT2D eigenvalue weighted by Crippen LogP contribution is 2.54. The van der Waals surface area contributed by atoms with Crippen LogP contribution in [0.1, 0.15) is 82.8 Å². The van der Waals surface area contributed by atoms with E-state index >= 15 is 0 Å². The highest BCUT2D eigenvalue weighted by atomic mass is 32.2. The highest BCUT2D eigenvalue weighted by Gasteiger charge is 2.45. The minimum Gasteiger partial charge on any atom is -0.351 e. The molecule has 2 fully saturated rings. The van der Waals surface area contributed by atoms with Crippen LogP contribution in [0.2, 0.25) is 0 Å². The monoisotopic (exact) mass is 420 g/mol. The summed E-state index contributed by atoms with van der Waals surface area (Å²) in [7, 11) is 0. The lowest BCUT2D eigenvalue weighted by Gasteiger charge is -2.42. The van der Waals surface area contributed by atoms with Gasteiger partial charge in [-0.15, -0.1) is 23.5 Å². The molecule has 0 unspecified atom stereocenters. The summed E-state index contributed by atoms with van der Waals surface area (Å²) in [5.41, 5.74) is 9.58. The van der Waals surface area contributed by atoms with E-state index in [0.717, 1.165) is 12.2 Å². The number of hydrogen-bond acceptors (Lipinski definition) is 3. The molecule has 3 nitrogen and oxygen atoms in total. The van der Waals surface area contributed by atoms with Gasteiger partial charge in [-0.2, -0.15) is 0 Å². The Morgan fingerprint density at radius 3 is 2.07 bits per heavy atom. The number of anilines is 1. The molecule has 0 atom stereocenters. The maximum absolute atomic E-state index is 12.8. The predicted octanol–water partition coefficient (Wildman–Crippen LogP) is 6.58. The molecule has 28 heavy (non-hydrogen) atoms. The van der Waals surface area contributed by atoms with E-state index in [1.165, 1.54) is 54.7 Å². The molecule has 3 rings (SSSR count). The Bertz CT molecular complexity index is 651. The van der Waals surface area contributed by atoms with Crippen LogP contribution in [0.25, 0.3) is 0 Å². The zero-order valence-corrected chi connectivity index (χ0v) is 19.5. The van der Waals surface area contributed by atoms with Crippen LogP contribution in [0, 0.1) is 5.92 Å². The number of carbonyl (C=O) groups excluding carboxylic acids is 1. The zero-order chi connectivity index (χ0) is 20.3. The van der Waals surface area contributed by atoms with Gasteiger partial charge in [0.05, 0.1) is 16.3 Å². The molecule has 0 radical (unpaired) electrons. The van der Waals surface area contributed by atoms with Gasteiger partial charge in [0.1, 0.15) is 0 Å². The summed E-state index contributed by atoms with van der Waals surface area (Å²) in [5.74, 6) is 3.73. The predicted molar refractivity (Wildman–Crippen MR) is 126 cm³/mol. The van der Waals surface area contributed by atoms with Crippen molar-refractivity contribution in [3.63, 3.8) is 0 Å². The van der Waals surface area contributed by atoms with Gasteiger partial charge in [0.2, 0.25) is 0 Å². The Balaban J connectivity index is 2.03. The third kappa shape index (κ3) is 4.51. The average molecular weight is 421 g/mol. The van der Waals surface area contributed by atoms with Gasteiger partial charge in [0, 0.05) is 11.5 Å². The molecule has 1 saturated heterocycles. The summed E-state index contributed by atoms with van der Waals surface area (Å²) in [6, 6.07) is 6.16. The third-order valence-electron chi connectivity index (χ3n) is 6.26. The van der Waals surface area contributed by atoms with Crippen molar-refractivity contribution in [3.05, 3.63) is 29.3 Å². The first-order valence-electron chi connectivity index (χ1n) is 10.8. The van der Waals surface area contributed by atoms with Crippen molar-refractivity contribution in [2.75, 3.05) is 23.0 Å². The molecule has 0 aromatic heterocycles. The fraction of sp³-hybridized carbons (Fsp3) is 0.696. The van der Waals surface area contributed by atoms with E-state index in [4.69, 9.17) is 5.73 Å². The number of amides is 2. The quantitative estimate of drug-likeness (QED) is 0.566. The molecule has 1 aromatic rings. The number of urea groups is 1. The minimum atomic E-state index is -0.307. The lowest BCUT2D eigenvalue weighted by Crippen LogP contribution is -2.48. The Labute approximate surface area is 179 Å². The fourth-order valence-electron chi connectivity index (χ4n) is 4.78. The smallest absolute Gasteiger partial charge is 0.319 e. The molecule has 1 aromatic carbocycles. The zero-order valence-electron chi connectivity index (χ0n) is 17.9. The summed E-state index contributed by atoms with van der Waals surface area (Å²) in [5, 5.41) is 0.